The fraction of sp³-hybridized carbons (Fsp3) is 0.0164. The fourth-order valence-electron chi connectivity index (χ4n) is 11.3. The Morgan fingerprint density at radius 3 is 1.55 bits per heavy atom. The van der Waals surface area contributed by atoms with Crippen molar-refractivity contribution in [2.75, 3.05) is 4.90 Å². The highest BCUT2D eigenvalue weighted by Gasteiger charge is 2.52. The summed E-state index contributed by atoms with van der Waals surface area (Å²) in [5, 5.41) is 4.73. The van der Waals surface area contributed by atoms with Crippen LogP contribution in [0.3, 0.4) is 0 Å². The van der Waals surface area contributed by atoms with Crippen LogP contribution >= 0.6 is 0 Å². The molecule has 0 saturated carbocycles. The highest BCUT2D eigenvalue weighted by atomic mass is 16.3. The Hall–Kier alpha value is -8.40. The number of para-hydroxylation sites is 3. The average Bonchev–Trinajstić information content (AvgIpc) is 4.08. The molecule has 64 heavy (non-hydrogen) atoms. The van der Waals surface area contributed by atoms with E-state index in [0.29, 0.717) is 0 Å². The molecule has 2 aromatic heterocycles. The van der Waals surface area contributed by atoms with Crippen molar-refractivity contribution in [3.8, 4) is 39.1 Å². The summed E-state index contributed by atoms with van der Waals surface area (Å²) in [6.45, 7) is 0. The summed E-state index contributed by atoms with van der Waals surface area (Å²) in [5.74, 6) is 0. The molecule has 0 atom stereocenters. The maximum atomic E-state index is 6.35. The molecule has 0 bridgehead atoms. The molecule has 10 aromatic carbocycles. The minimum Gasteiger partial charge on any atom is -0.456 e. The molecule has 14 rings (SSSR count). The van der Waals surface area contributed by atoms with Crippen molar-refractivity contribution in [3.05, 3.63) is 253 Å². The Balaban J connectivity index is 1.03. The normalized spacial score (nSPS) is 13.1. The van der Waals surface area contributed by atoms with Crippen LogP contribution in [-0.4, -0.2) is 4.57 Å². The predicted molar refractivity (Wildman–Crippen MR) is 264 cm³/mol. The lowest BCUT2D eigenvalue weighted by Gasteiger charge is -2.32. The van der Waals surface area contributed by atoms with Gasteiger partial charge in [0.25, 0.3) is 0 Å². The molecule has 0 radical (unpaired) electrons. The number of benzene rings is 10. The van der Waals surface area contributed by atoms with E-state index < -0.39 is 5.41 Å². The summed E-state index contributed by atoms with van der Waals surface area (Å²) in [4.78, 5) is 2.42. The number of aromatic nitrogens is 1. The predicted octanol–water partition coefficient (Wildman–Crippen LogP) is 16.2. The third kappa shape index (κ3) is 4.81. The van der Waals surface area contributed by atoms with Crippen molar-refractivity contribution >= 4 is 60.8 Å². The highest BCUT2D eigenvalue weighted by molar-refractivity contribution is 6.10. The average molecular weight is 815 g/mol. The molecule has 0 saturated heterocycles. The number of hydrogen-bond acceptors (Lipinski definition) is 2. The van der Waals surface area contributed by atoms with Crippen molar-refractivity contribution < 1.29 is 4.42 Å². The number of furan rings is 1. The van der Waals surface area contributed by atoms with Crippen LogP contribution in [0.5, 0.6) is 0 Å². The van der Waals surface area contributed by atoms with Crippen LogP contribution in [0.15, 0.2) is 235 Å². The zero-order chi connectivity index (χ0) is 41.9. The first-order valence-corrected chi connectivity index (χ1v) is 22.1. The maximum Gasteiger partial charge on any atom is 0.135 e. The van der Waals surface area contributed by atoms with Gasteiger partial charge in [-0.05, 0) is 128 Å². The van der Waals surface area contributed by atoms with E-state index >= 15 is 0 Å². The van der Waals surface area contributed by atoms with Gasteiger partial charge in [-0.25, -0.2) is 0 Å². The summed E-state index contributed by atoms with van der Waals surface area (Å²) >= 11 is 0. The van der Waals surface area contributed by atoms with Crippen LogP contribution in [-0.2, 0) is 5.41 Å². The monoisotopic (exact) mass is 814 g/mol. The van der Waals surface area contributed by atoms with Gasteiger partial charge in [0.05, 0.1) is 16.4 Å². The maximum absolute atomic E-state index is 6.35. The summed E-state index contributed by atoms with van der Waals surface area (Å²) in [6, 6.07) is 84.7. The minimum absolute atomic E-state index is 0.559. The Labute approximate surface area is 370 Å². The fourth-order valence-corrected chi connectivity index (χ4v) is 11.3. The molecule has 298 valence electrons. The van der Waals surface area contributed by atoms with E-state index in [2.05, 4.69) is 234 Å². The van der Waals surface area contributed by atoms with Gasteiger partial charge in [0.15, 0.2) is 0 Å². The molecule has 3 nitrogen and oxygen atoms in total. The molecule has 3 heteroatoms. The van der Waals surface area contributed by atoms with Crippen LogP contribution in [0.25, 0.3) is 82.8 Å². The molecule has 0 amide bonds. The van der Waals surface area contributed by atoms with E-state index in [-0.39, 0.29) is 0 Å². The zero-order valence-corrected chi connectivity index (χ0v) is 34.7. The number of anilines is 3. The van der Waals surface area contributed by atoms with Crippen LogP contribution < -0.4 is 4.90 Å². The third-order valence-corrected chi connectivity index (χ3v) is 14.0. The van der Waals surface area contributed by atoms with E-state index in [1.807, 2.05) is 6.07 Å². The lowest BCUT2D eigenvalue weighted by atomic mass is 9.70. The lowest BCUT2D eigenvalue weighted by molar-refractivity contribution is 0.669. The zero-order valence-electron chi connectivity index (χ0n) is 34.7. The molecule has 2 heterocycles. The first-order valence-electron chi connectivity index (χ1n) is 22.1. The second-order valence-corrected chi connectivity index (χ2v) is 17.2. The molecule has 0 N–H and O–H groups in total. The smallest absolute Gasteiger partial charge is 0.135 e. The second-order valence-electron chi connectivity index (χ2n) is 17.2. The van der Waals surface area contributed by atoms with Gasteiger partial charge in [0, 0.05) is 44.3 Å². The van der Waals surface area contributed by atoms with Crippen LogP contribution in [0.1, 0.15) is 22.3 Å². The van der Waals surface area contributed by atoms with E-state index in [9.17, 15) is 0 Å². The van der Waals surface area contributed by atoms with Gasteiger partial charge in [-0.1, -0.05) is 158 Å². The van der Waals surface area contributed by atoms with E-state index in [0.717, 1.165) is 44.7 Å². The molecular weight excluding hydrogens is 777 g/mol. The van der Waals surface area contributed by atoms with Crippen molar-refractivity contribution in [1.29, 1.82) is 0 Å². The lowest BCUT2D eigenvalue weighted by Crippen LogP contribution is -2.26. The summed E-state index contributed by atoms with van der Waals surface area (Å²) < 4.78 is 8.81. The molecule has 0 unspecified atom stereocenters. The molecular formula is C61H38N2O. The quantitative estimate of drug-likeness (QED) is 0.173. The Morgan fingerprint density at radius 2 is 0.828 bits per heavy atom. The largest absolute Gasteiger partial charge is 0.456 e. The summed E-state index contributed by atoms with van der Waals surface area (Å²) in [5.41, 5.74) is 20.7. The summed E-state index contributed by atoms with van der Waals surface area (Å²) in [7, 11) is 0. The van der Waals surface area contributed by atoms with Crippen molar-refractivity contribution in [1.82, 2.24) is 4.57 Å². The highest BCUT2D eigenvalue weighted by Crippen LogP contribution is 2.63. The van der Waals surface area contributed by atoms with E-state index in [1.165, 1.54) is 77.4 Å². The van der Waals surface area contributed by atoms with E-state index in [4.69, 9.17) is 4.42 Å². The van der Waals surface area contributed by atoms with Gasteiger partial charge in [-0.2, -0.15) is 0 Å². The second kappa shape index (κ2) is 13.3. The number of fused-ring (bicyclic) bond motifs is 16. The van der Waals surface area contributed by atoms with Crippen LogP contribution in [0.4, 0.5) is 17.1 Å². The Kier molecular flexibility index (Phi) is 7.32. The molecule has 2 aliphatic rings. The topological polar surface area (TPSA) is 21.3 Å². The number of nitrogens with zero attached hydrogens (tertiary/aromatic N) is 2. The van der Waals surface area contributed by atoms with Gasteiger partial charge in [0.2, 0.25) is 0 Å². The van der Waals surface area contributed by atoms with Crippen LogP contribution in [0.2, 0.25) is 0 Å². The standard InChI is InChI=1S/C61H38N2O/c1-2-14-39(15-3-1)40-26-28-41(29-27-40)62(42-32-35-60-52(36-42)51-20-8-13-25-59(51)64-60)43-30-33-47-48-34-31-44(63-57-23-11-6-18-49(57)50-19-7-12-24-58(50)63)38-56(48)61(55(47)37-43)53-21-9-4-16-45(53)46-17-5-10-22-54(46)61/h1-38H. The van der Waals surface area contributed by atoms with Gasteiger partial charge in [-0.3, -0.25) is 0 Å². The van der Waals surface area contributed by atoms with E-state index in [1.54, 1.807) is 0 Å². The molecule has 12 aromatic rings. The van der Waals surface area contributed by atoms with Gasteiger partial charge in [0.1, 0.15) is 11.2 Å². The van der Waals surface area contributed by atoms with Gasteiger partial charge >= 0.3 is 0 Å². The van der Waals surface area contributed by atoms with Crippen molar-refractivity contribution in [3.63, 3.8) is 0 Å². The summed E-state index contributed by atoms with van der Waals surface area (Å²) in [6.07, 6.45) is 0. The van der Waals surface area contributed by atoms with Crippen LogP contribution in [0, 0.1) is 0 Å². The molecule has 2 aliphatic carbocycles. The number of hydrogen-bond donors (Lipinski definition) is 0. The Morgan fingerprint density at radius 1 is 0.328 bits per heavy atom. The van der Waals surface area contributed by atoms with Gasteiger partial charge in [-0.15, -0.1) is 0 Å². The Bertz CT molecular complexity index is 3750. The molecule has 0 aliphatic heterocycles. The minimum atomic E-state index is -0.559. The number of rotatable bonds is 5. The van der Waals surface area contributed by atoms with Gasteiger partial charge < -0.3 is 13.9 Å². The van der Waals surface area contributed by atoms with Crippen molar-refractivity contribution in [2.24, 2.45) is 0 Å². The molecule has 0 fully saturated rings. The van der Waals surface area contributed by atoms with Crippen molar-refractivity contribution in [2.45, 2.75) is 5.41 Å². The molecule has 1 spiro atoms. The first kappa shape index (κ1) is 35.2. The SMILES string of the molecule is c1ccc(-c2ccc(N(c3ccc4c(c3)C3(c5ccccc5-c5ccccc53)c3cc(-n5c6ccccc6c6ccccc65)ccc3-4)c3ccc4oc5ccccc5c4c3)cc2)cc1. The third-order valence-electron chi connectivity index (χ3n) is 14.0. The first-order chi connectivity index (χ1) is 31.7.